The first-order chi connectivity index (χ1) is 13.9. The van der Waals surface area contributed by atoms with Gasteiger partial charge in [-0.05, 0) is 55.2 Å². The number of thiophene rings is 1. The molecule has 0 radical (unpaired) electrons. The zero-order valence-corrected chi connectivity index (χ0v) is 18.3. The van der Waals surface area contributed by atoms with E-state index in [9.17, 15) is 5.11 Å². The maximum absolute atomic E-state index is 9.71. The number of rotatable bonds is 5. The van der Waals surface area contributed by atoms with Gasteiger partial charge in [0, 0.05) is 10.4 Å². The highest BCUT2D eigenvalue weighted by Gasteiger charge is 2.33. The summed E-state index contributed by atoms with van der Waals surface area (Å²) in [7, 11) is 0. The second-order valence-corrected chi connectivity index (χ2v) is 9.63. The first kappa shape index (κ1) is 19.8. The summed E-state index contributed by atoms with van der Waals surface area (Å²) in [6.07, 6.45) is 6.23. The Balaban J connectivity index is 1.68. The molecule has 0 aliphatic heterocycles. The molecule has 0 saturated carbocycles. The van der Waals surface area contributed by atoms with Crippen molar-refractivity contribution >= 4 is 33.1 Å². The average Bonchev–Trinajstić information content (AvgIpc) is 3.10. The van der Waals surface area contributed by atoms with Crippen molar-refractivity contribution in [2.75, 3.05) is 5.43 Å². The topological polar surface area (TPSA) is 70.4 Å². The summed E-state index contributed by atoms with van der Waals surface area (Å²) in [5, 5.41) is 15.4. The fourth-order valence-electron chi connectivity index (χ4n) is 4.08. The molecule has 0 saturated heterocycles. The van der Waals surface area contributed by atoms with Crippen LogP contribution in [0.2, 0.25) is 0 Å². The van der Waals surface area contributed by atoms with E-state index in [2.05, 4.69) is 41.3 Å². The lowest BCUT2D eigenvalue weighted by atomic mass is 9.69. The molecule has 1 aliphatic carbocycles. The average molecular weight is 409 g/mol. The summed E-state index contributed by atoms with van der Waals surface area (Å²) in [5.41, 5.74) is 6.57. The summed E-state index contributed by atoms with van der Waals surface area (Å²) in [4.78, 5) is 11.5. The second kappa shape index (κ2) is 7.75. The molecular formula is C23H28N4OS. The molecule has 0 fully saturated rings. The Morgan fingerprint density at radius 2 is 2.17 bits per heavy atom. The number of phenols is 1. The number of aryl methyl sites for hydroxylation is 1. The van der Waals surface area contributed by atoms with Crippen LogP contribution in [0.15, 0.2) is 35.7 Å². The quantitative estimate of drug-likeness (QED) is 0.415. The van der Waals surface area contributed by atoms with E-state index in [4.69, 9.17) is 0 Å². The van der Waals surface area contributed by atoms with E-state index in [1.807, 2.05) is 19.1 Å². The van der Waals surface area contributed by atoms with Gasteiger partial charge in [0.2, 0.25) is 0 Å². The Morgan fingerprint density at radius 3 is 2.93 bits per heavy atom. The Morgan fingerprint density at radius 1 is 1.34 bits per heavy atom. The van der Waals surface area contributed by atoms with Crippen LogP contribution in [0.1, 0.15) is 56.5 Å². The summed E-state index contributed by atoms with van der Waals surface area (Å²) >= 11 is 1.79. The number of fused-ring (bicyclic) bond motifs is 3. The monoisotopic (exact) mass is 408 g/mol. The minimum absolute atomic E-state index is 0.234. The second-order valence-electron chi connectivity index (χ2n) is 8.55. The van der Waals surface area contributed by atoms with Gasteiger partial charge in [0.25, 0.3) is 0 Å². The number of benzene rings is 1. The lowest BCUT2D eigenvalue weighted by Gasteiger charge is -2.36. The van der Waals surface area contributed by atoms with Crippen LogP contribution in [-0.2, 0) is 12.8 Å². The van der Waals surface area contributed by atoms with Gasteiger partial charge < -0.3 is 5.11 Å². The molecular weight excluding hydrogens is 380 g/mol. The smallest absolute Gasteiger partial charge is 0.158 e. The number of nitrogens with one attached hydrogen (secondary N) is 1. The molecule has 2 aromatic heterocycles. The van der Waals surface area contributed by atoms with Crippen molar-refractivity contribution < 1.29 is 5.11 Å². The molecule has 152 valence electrons. The molecule has 4 rings (SSSR count). The largest absolute Gasteiger partial charge is 0.508 e. The van der Waals surface area contributed by atoms with Crippen LogP contribution in [0.5, 0.6) is 5.75 Å². The Labute approximate surface area is 175 Å². The number of aromatic nitrogens is 2. The van der Waals surface area contributed by atoms with Crippen LogP contribution in [0.4, 0.5) is 5.82 Å². The molecule has 1 aromatic carbocycles. The molecule has 2 N–H and O–H groups in total. The predicted molar refractivity (Wildman–Crippen MR) is 121 cm³/mol. The lowest BCUT2D eigenvalue weighted by molar-refractivity contribution is 0.184. The molecule has 5 nitrogen and oxygen atoms in total. The van der Waals surface area contributed by atoms with Crippen LogP contribution >= 0.6 is 11.3 Å². The van der Waals surface area contributed by atoms with Crippen LogP contribution in [0.25, 0.3) is 10.2 Å². The van der Waals surface area contributed by atoms with Crippen molar-refractivity contribution in [3.63, 3.8) is 0 Å². The normalized spacial score (nSPS) is 17.4. The summed E-state index contributed by atoms with van der Waals surface area (Å²) in [5.74, 6) is 1.67. The molecule has 0 bridgehead atoms. The van der Waals surface area contributed by atoms with Gasteiger partial charge in [0.1, 0.15) is 16.9 Å². The molecule has 2 heterocycles. The van der Waals surface area contributed by atoms with Crippen molar-refractivity contribution in [2.24, 2.45) is 16.4 Å². The van der Waals surface area contributed by atoms with Gasteiger partial charge in [-0.15, -0.1) is 11.3 Å². The van der Waals surface area contributed by atoms with E-state index in [0.717, 1.165) is 40.2 Å². The van der Waals surface area contributed by atoms with Crippen LogP contribution < -0.4 is 5.43 Å². The van der Waals surface area contributed by atoms with Crippen molar-refractivity contribution in [3.8, 4) is 5.75 Å². The number of hydrazone groups is 1. The van der Waals surface area contributed by atoms with Crippen LogP contribution in [0, 0.1) is 11.3 Å². The molecule has 1 unspecified atom stereocenters. The van der Waals surface area contributed by atoms with Crippen molar-refractivity contribution in [1.29, 1.82) is 0 Å². The molecule has 1 atom stereocenters. The highest BCUT2D eigenvalue weighted by atomic mass is 32.1. The van der Waals surface area contributed by atoms with Gasteiger partial charge in [0.05, 0.1) is 11.1 Å². The maximum Gasteiger partial charge on any atom is 0.158 e. The van der Waals surface area contributed by atoms with E-state index in [1.165, 1.54) is 23.3 Å². The maximum atomic E-state index is 9.71. The van der Waals surface area contributed by atoms with Gasteiger partial charge in [0.15, 0.2) is 5.82 Å². The third-order valence-electron chi connectivity index (χ3n) is 6.45. The Hall–Kier alpha value is -2.47. The fraction of sp³-hybridized carbons (Fsp3) is 0.435. The van der Waals surface area contributed by atoms with Crippen molar-refractivity contribution in [1.82, 2.24) is 9.97 Å². The number of hydrogen-bond donors (Lipinski definition) is 2. The third kappa shape index (κ3) is 3.86. The minimum Gasteiger partial charge on any atom is -0.508 e. The molecule has 29 heavy (non-hydrogen) atoms. The van der Waals surface area contributed by atoms with E-state index >= 15 is 0 Å². The van der Waals surface area contributed by atoms with E-state index in [-0.39, 0.29) is 5.75 Å². The molecule has 6 heteroatoms. The predicted octanol–water partition coefficient (Wildman–Crippen LogP) is 5.77. The third-order valence-corrected chi connectivity index (χ3v) is 7.65. The van der Waals surface area contributed by atoms with E-state index in [1.54, 1.807) is 29.8 Å². The summed E-state index contributed by atoms with van der Waals surface area (Å²) < 4.78 is 0. The number of aromatic hydroxyl groups is 1. The number of anilines is 1. The summed E-state index contributed by atoms with van der Waals surface area (Å²) in [6, 6.07) is 7.11. The lowest BCUT2D eigenvalue weighted by Crippen LogP contribution is -2.28. The molecule has 3 aromatic rings. The Kier molecular flexibility index (Phi) is 5.30. The number of nitrogens with zero attached hydrogens (tertiary/aromatic N) is 3. The highest BCUT2D eigenvalue weighted by molar-refractivity contribution is 7.19. The first-order valence-corrected chi connectivity index (χ1v) is 11.1. The standard InChI is InChI=1S/C23H28N4OS/c1-5-23(3,4)16-9-10-19-18(12-16)20-21(24-13-25-22(20)29-19)27-26-14(2)15-7-6-8-17(28)11-15/h6-8,11,13,16,28H,5,9-10,12H2,1-4H3,(H,24,25,27)/b26-14-. The SMILES string of the molecule is CCC(C)(C)C1CCc2sc3ncnc(N/N=C(/C)c4cccc(O)c4)c3c2C1. The zero-order valence-electron chi connectivity index (χ0n) is 17.5. The molecule has 0 amide bonds. The minimum atomic E-state index is 0.234. The van der Waals surface area contributed by atoms with Gasteiger partial charge >= 0.3 is 0 Å². The van der Waals surface area contributed by atoms with Gasteiger partial charge in [-0.2, -0.15) is 5.10 Å². The first-order valence-electron chi connectivity index (χ1n) is 10.2. The van der Waals surface area contributed by atoms with Crippen molar-refractivity contribution in [2.45, 2.75) is 53.4 Å². The van der Waals surface area contributed by atoms with Gasteiger partial charge in [-0.1, -0.05) is 39.3 Å². The van der Waals surface area contributed by atoms with E-state index < -0.39 is 0 Å². The number of hydrogen-bond acceptors (Lipinski definition) is 6. The van der Waals surface area contributed by atoms with Gasteiger partial charge in [-0.25, -0.2) is 9.97 Å². The zero-order chi connectivity index (χ0) is 20.6. The molecule has 0 spiro atoms. The summed E-state index contributed by atoms with van der Waals surface area (Å²) in [6.45, 7) is 8.98. The van der Waals surface area contributed by atoms with Crippen molar-refractivity contribution in [3.05, 3.63) is 46.6 Å². The number of phenolic OH excluding ortho intramolecular Hbond substituents is 1. The fourth-order valence-corrected chi connectivity index (χ4v) is 5.26. The molecule has 1 aliphatic rings. The van der Waals surface area contributed by atoms with Crippen LogP contribution in [0.3, 0.4) is 0 Å². The highest BCUT2D eigenvalue weighted by Crippen LogP contribution is 2.45. The van der Waals surface area contributed by atoms with E-state index in [0.29, 0.717) is 11.3 Å². The Bertz CT molecular complexity index is 1070. The van der Waals surface area contributed by atoms with Gasteiger partial charge in [-0.3, -0.25) is 5.43 Å². The van der Waals surface area contributed by atoms with Crippen LogP contribution in [-0.4, -0.2) is 20.8 Å².